The topological polar surface area (TPSA) is 60.6 Å². The van der Waals surface area contributed by atoms with Gasteiger partial charge < -0.3 is 9.13 Å². The average Bonchev–Trinajstić information content (AvgIpc) is 3.92. The summed E-state index contributed by atoms with van der Waals surface area (Å²) in [5, 5.41) is 4.89. The lowest BCUT2D eigenvalue weighted by Gasteiger charge is -2.25. The molecule has 11 rings (SSSR count). The van der Waals surface area contributed by atoms with E-state index in [0.29, 0.717) is 5.84 Å². The quantitative estimate of drug-likeness (QED) is 0.183. The number of fused-ring (bicyclic) bond motifs is 6. The molecule has 2 N–H and O–H groups in total. The van der Waals surface area contributed by atoms with Crippen molar-refractivity contribution in [3.05, 3.63) is 217 Å². The maximum atomic E-state index is 7.40. The fraction of sp³-hybridized carbons (Fsp3) is 0.0196. The molecule has 1 aliphatic heterocycles. The maximum absolute atomic E-state index is 7.40. The number of aromatic nitrogens is 2. The summed E-state index contributed by atoms with van der Waals surface area (Å²) in [6, 6.07) is 70.3. The molecule has 5 heteroatoms. The third-order valence-corrected chi connectivity index (χ3v) is 11.2. The summed E-state index contributed by atoms with van der Waals surface area (Å²) < 4.78 is 4.72. The predicted octanol–water partition coefficient (Wildman–Crippen LogP) is 11.6. The van der Waals surface area contributed by atoms with Crippen molar-refractivity contribution >= 4 is 55.2 Å². The Morgan fingerprint density at radius 2 is 0.857 bits per heavy atom. The number of nitrogens with zero attached hydrogens (tertiary/aromatic N) is 4. The Balaban J connectivity index is 1.04. The lowest BCUT2D eigenvalue weighted by atomic mass is 9.91. The Morgan fingerprint density at radius 3 is 1.50 bits per heavy atom. The van der Waals surface area contributed by atoms with Crippen LogP contribution in [0.3, 0.4) is 0 Å². The molecule has 264 valence electrons. The van der Waals surface area contributed by atoms with Gasteiger partial charge >= 0.3 is 0 Å². The second-order valence-corrected chi connectivity index (χ2v) is 14.4. The van der Waals surface area contributed by atoms with E-state index in [1.54, 1.807) is 0 Å². The number of hydrogen-bond donors (Lipinski definition) is 1. The zero-order chi connectivity index (χ0) is 37.2. The van der Waals surface area contributed by atoms with Gasteiger partial charge in [-0.1, -0.05) is 146 Å². The van der Waals surface area contributed by atoms with E-state index in [1.165, 1.54) is 32.6 Å². The monoisotopic (exact) mass is 717 g/mol. The molecule has 0 amide bonds. The van der Waals surface area contributed by atoms with Gasteiger partial charge in [0.2, 0.25) is 0 Å². The SMILES string of the molecule is N[C@]1(c2cccc(-n3c4ccccc4c4cc(-c5cccc(-n6c7ccccc7c7ccccc76)c5)ccc43)c2)N=C(c2ccccc2)N=C1c1ccccc1. The molecule has 8 aromatic carbocycles. The van der Waals surface area contributed by atoms with E-state index in [2.05, 4.69) is 161 Å². The van der Waals surface area contributed by atoms with Crippen molar-refractivity contribution in [3.63, 3.8) is 0 Å². The molecule has 0 saturated heterocycles. The van der Waals surface area contributed by atoms with Crippen molar-refractivity contribution in [1.82, 2.24) is 9.13 Å². The highest BCUT2D eigenvalue weighted by Gasteiger charge is 2.39. The summed E-state index contributed by atoms with van der Waals surface area (Å²) in [5.74, 6) is 0.629. The van der Waals surface area contributed by atoms with Gasteiger partial charge in [-0.25, -0.2) is 9.98 Å². The lowest BCUT2D eigenvalue weighted by Crippen LogP contribution is -2.41. The van der Waals surface area contributed by atoms with Crippen LogP contribution >= 0.6 is 0 Å². The third kappa shape index (κ3) is 4.99. The molecular formula is C51H35N5. The molecule has 0 fully saturated rings. The van der Waals surface area contributed by atoms with Gasteiger partial charge in [-0.05, 0) is 65.7 Å². The lowest BCUT2D eigenvalue weighted by molar-refractivity contribution is 0.654. The highest BCUT2D eigenvalue weighted by atomic mass is 15.2. The summed E-state index contributed by atoms with van der Waals surface area (Å²) in [6.07, 6.45) is 0. The van der Waals surface area contributed by atoms with Crippen LogP contribution in [0.4, 0.5) is 0 Å². The standard InChI is InChI=1S/C51H35N5/c52-51(49(34-15-3-1-4-16-34)53-50(54-51)35-17-5-2-6-18-35)38-20-14-22-40(33-38)56-47-28-12-9-25-43(47)44-32-37(29-30-48(44)56)36-19-13-21-39(31-36)55-45-26-10-7-23-41(45)42-24-8-11-27-46(42)55/h1-33H,52H2/t51-/m1/s1. The van der Waals surface area contributed by atoms with Crippen molar-refractivity contribution < 1.29 is 0 Å². The predicted molar refractivity (Wildman–Crippen MR) is 232 cm³/mol. The maximum Gasteiger partial charge on any atom is 0.179 e. The van der Waals surface area contributed by atoms with Crippen LogP contribution in [0.15, 0.2) is 210 Å². The summed E-state index contributed by atoms with van der Waals surface area (Å²) in [7, 11) is 0. The first-order chi connectivity index (χ1) is 27.6. The number of benzene rings is 8. The average molecular weight is 718 g/mol. The molecule has 3 heterocycles. The number of hydrogen-bond acceptors (Lipinski definition) is 3. The molecule has 5 nitrogen and oxygen atoms in total. The number of aliphatic imine (C=N–C) groups is 2. The number of nitrogens with two attached hydrogens (primary N) is 1. The Hall–Kier alpha value is -7.34. The van der Waals surface area contributed by atoms with Gasteiger partial charge in [0.15, 0.2) is 11.5 Å². The molecule has 0 saturated carbocycles. The molecule has 10 aromatic rings. The van der Waals surface area contributed by atoms with E-state index in [0.717, 1.165) is 55.9 Å². The molecular weight excluding hydrogens is 683 g/mol. The zero-order valence-corrected chi connectivity index (χ0v) is 30.4. The Kier molecular flexibility index (Phi) is 7.24. The van der Waals surface area contributed by atoms with Crippen LogP contribution in [0, 0.1) is 0 Å². The van der Waals surface area contributed by atoms with Crippen molar-refractivity contribution in [2.45, 2.75) is 5.66 Å². The molecule has 1 aliphatic rings. The Morgan fingerprint density at radius 1 is 0.375 bits per heavy atom. The van der Waals surface area contributed by atoms with E-state index >= 15 is 0 Å². The second kappa shape index (κ2) is 12.6. The normalized spacial score (nSPS) is 15.5. The molecule has 0 spiro atoms. The molecule has 0 aliphatic carbocycles. The first kappa shape index (κ1) is 32.1. The number of rotatable bonds is 6. The summed E-state index contributed by atoms with van der Waals surface area (Å²) in [4.78, 5) is 10.2. The van der Waals surface area contributed by atoms with Crippen molar-refractivity contribution in [2.75, 3.05) is 0 Å². The molecule has 2 aromatic heterocycles. The third-order valence-electron chi connectivity index (χ3n) is 11.2. The smallest absolute Gasteiger partial charge is 0.179 e. The van der Waals surface area contributed by atoms with Crippen LogP contribution in [0.2, 0.25) is 0 Å². The van der Waals surface area contributed by atoms with Gasteiger partial charge in [-0.2, -0.15) is 0 Å². The molecule has 1 atom stereocenters. The van der Waals surface area contributed by atoms with Crippen LogP contribution in [-0.2, 0) is 5.66 Å². The van der Waals surface area contributed by atoms with E-state index in [4.69, 9.17) is 15.7 Å². The summed E-state index contributed by atoms with van der Waals surface area (Å²) >= 11 is 0. The Bertz CT molecular complexity index is 3150. The van der Waals surface area contributed by atoms with Gasteiger partial charge in [0.1, 0.15) is 0 Å². The Labute approximate surface area is 324 Å². The minimum absolute atomic E-state index is 0.629. The van der Waals surface area contributed by atoms with E-state index < -0.39 is 5.66 Å². The van der Waals surface area contributed by atoms with E-state index in [-0.39, 0.29) is 0 Å². The molecule has 0 bridgehead atoms. The molecule has 0 unspecified atom stereocenters. The fourth-order valence-electron chi connectivity index (χ4n) is 8.57. The van der Waals surface area contributed by atoms with Crippen molar-refractivity contribution in [1.29, 1.82) is 0 Å². The van der Waals surface area contributed by atoms with Gasteiger partial charge in [0, 0.05) is 49.6 Å². The largest absolute Gasteiger partial charge is 0.309 e. The summed E-state index contributed by atoms with van der Waals surface area (Å²) in [6.45, 7) is 0. The first-order valence-corrected chi connectivity index (χ1v) is 19.0. The minimum Gasteiger partial charge on any atom is -0.309 e. The van der Waals surface area contributed by atoms with Gasteiger partial charge in [0.05, 0.1) is 27.8 Å². The van der Waals surface area contributed by atoms with Crippen LogP contribution in [0.5, 0.6) is 0 Å². The molecule has 0 radical (unpaired) electrons. The first-order valence-electron chi connectivity index (χ1n) is 19.0. The van der Waals surface area contributed by atoms with Crippen molar-refractivity contribution in [2.24, 2.45) is 15.7 Å². The van der Waals surface area contributed by atoms with Crippen LogP contribution in [-0.4, -0.2) is 20.7 Å². The van der Waals surface area contributed by atoms with Gasteiger partial charge in [0.25, 0.3) is 0 Å². The highest BCUT2D eigenvalue weighted by Crippen LogP contribution is 2.39. The van der Waals surface area contributed by atoms with Crippen LogP contribution in [0.25, 0.3) is 66.1 Å². The number of para-hydroxylation sites is 3. The van der Waals surface area contributed by atoms with Crippen LogP contribution in [0.1, 0.15) is 16.7 Å². The molecule has 56 heavy (non-hydrogen) atoms. The minimum atomic E-state index is -1.18. The zero-order valence-electron chi connectivity index (χ0n) is 30.4. The van der Waals surface area contributed by atoms with Crippen LogP contribution < -0.4 is 5.73 Å². The second-order valence-electron chi connectivity index (χ2n) is 14.4. The number of amidine groups is 1. The highest BCUT2D eigenvalue weighted by molar-refractivity contribution is 6.20. The van der Waals surface area contributed by atoms with E-state index in [1.807, 2.05) is 48.5 Å². The van der Waals surface area contributed by atoms with E-state index in [9.17, 15) is 0 Å². The summed E-state index contributed by atoms with van der Waals surface area (Å²) in [5.41, 5.74) is 18.8. The van der Waals surface area contributed by atoms with Crippen molar-refractivity contribution in [3.8, 4) is 22.5 Å². The van der Waals surface area contributed by atoms with Gasteiger partial charge in [-0.3, -0.25) is 5.73 Å². The van der Waals surface area contributed by atoms with Gasteiger partial charge in [-0.15, -0.1) is 0 Å². The fourth-order valence-corrected chi connectivity index (χ4v) is 8.57.